The Morgan fingerprint density at radius 2 is 2.05 bits per heavy atom. The van der Waals surface area contributed by atoms with Crippen molar-refractivity contribution in [3.63, 3.8) is 0 Å². The van der Waals surface area contributed by atoms with Gasteiger partial charge in [-0.15, -0.1) is 0 Å². The van der Waals surface area contributed by atoms with Crippen LogP contribution in [0.15, 0.2) is 53.2 Å². The summed E-state index contributed by atoms with van der Waals surface area (Å²) in [6.07, 6.45) is 3.18. The lowest BCUT2D eigenvalue weighted by Gasteiger charge is -2.11. The number of hydrogen-bond donors (Lipinski definition) is 1. The molecule has 112 valence electrons. The quantitative estimate of drug-likeness (QED) is 0.802. The van der Waals surface area contributed by atoms with Crippen molar-refractivity contribution in [1.82, 2.24) is 10.3 Å². The minimum absolute atomic E-state index is 0.165. The molecule has 2 heterocycles. The van der Waals surface area contributed by atoms with Crippen LogP contribution in [0.5, 0.6) is 5.75 Å². The van der Waals surface area contributed by atoms with Crippen LogP contribution in [0.2, 0.25) is 0 Å². The Morgan fingerprint density at radius 1 is 1.27 bits per heavy atom. The predicted octanol–water partition coefficient (Wildman–Crippen LogP) is 3.33. The van der Waals surface area contributed by atoms with Gasteiger partial charge in [-0.3, -0.25) is 9.78 Å². The molecule has 0 bridgehead atoms. The molecular weight excluding hydrogens is 280 g/mol. The number of nitrogens with zero attached hydrogens (tertiary/aromatic N) is 1. The largest absolute Gasteiger partial charge is 0.493 e. The van der Waals surface area contributed by atoms with E-state index in [1.807, 2.05) is 31.2 Å². The molecule has 0 fully saturated rings. The van der Waals surface area contributed by atoms with Gasteiger partial charge in [-0.05, 0) is 31.2 Å². The number of para-hydroxylation sites is 1. The first-order valence-electron chi connectivity index (χ1n) is 6.96. The molecule has 3 aromatic rings. The molecule has 22 heavy (non-hydrogen) atoms. The van der Waals surface area contributed by atoms with Gasteiger partial charge in [-0.1, -0.05) is 12.1 Å². The molecule has 1 atom stereocenters. The normalized spacial score (nSPS) is 12.1. The van der Waals surface area contributed by atoms with E-state index in [1.165, 1.54) is 0 Å². The Morgan fingerprint density at radius 3 is 2.77 bits per heavy atom. The number of pyridine rings is 1. The number of hydrogen-bond acceptors (Lipinski definition) is 4. The summed E-state index contributed by atoms with van der Waals surface area (Å²) in [6, 6.07) is 10.7. The van der Waals surface area contributed by atoms with Crippen LogP contribution < -0.4 is 10.1 Å². The van der Waals surface area contributed by atoms with Crippen molar-refractivity contribution >= 4 is 16.9 Å². The van der Waals surface area contributed by atoms with E-state index in [4.69, 9.17) is 9.15 Å². The Bertz CT molecular complexity index is 796. The highest BCUT2D eigenvalue weighted by Gasteiger charge is 2.16. The van der Waals surface area contributed by atoms with Gasteiger partial charge in [-0.2, -0.15) is 0 Å². The first-order valence-corrected chi connectivity index (χ1v) is 6.96. The Hall–Kier alpha value is -2.82. The summed E-state index contributed by atoms with van der Waals surface area (Å²) < 4.78 is 11.1. The molecule has 0 saturated heterocycles. The Balaban J connectivity index is 1.83. The van der Waals surface area contributed by atoms with E-state index < -0.39 is 0 Å². The van der Waals surface area contributed by atoms with Crippen LogP contribution in [0.3, 0.4) is 0 Å². The average Bonchev–Trinajstić information content (AvgIpc) is 2.99. The summed E-state index contributed by atoms with van der Waals surface area (Å²) in [5, 5.41) is 3.85. The van der Waals surface area contributed by atoms with Crippen LogP contribution in [0.25, 0.3) is 11.0 Å². The van der Waals surface area contributed by atoms with E-state index in [-0.39, 0.29) is 11.9 Å². The first kappa shape index (κ1) is 14.1. The zero-order chi connectivity index (χ0) is 15.5. The van der Waals surface area contributed by atoms with Gasteiger partial charge in [-0.25, -0.2) is 0 Å². The number of amides is 1. The zero-order valence-corrected chi connectivity index (χ0v) is 12.4. The molecule has 1 amide bonds. The predicted molar refractivity (Wildman–Crippen MR) is 82.9 cm³/mol. The fourth-order valence-corrected chi connectivity index (χ4v) is 2.28. The SMILES string of the molecule is COc1cccc2cc(C(C)NC(=O)c3ccncc3)oc12. The van der Waals surface area contributed by atoms with Gasteiger partial charge in [0.1, 0.15) is 5.76 Å². The molecule has 5 heteroatoms. The lowest BCUT2D eigenvalue weighted by Crippen LogP contribution is -2.26. The van der Waals surface area contributed by atoms with Gasteiger partial charge in [0.15, 0.2) is 11.3 Å². The second kappa shape index (κ2) is 5.89. The van der Waals surface area contributed by atoms with E-state index >= 15 is 0 Å². The maximum atomic E-state index is 12.2. The summed E-state index contributed by atoms with van der Waals surface area (Å²) in [5.41, 5.74) is 1.25. The highest BCUT2D eigenvalue weighted by atomic mass is 16.5. The van der Waals surface area contributed by atoms with Crippen LogP contribution in [-0.4, -0.2) is 18.0 Å². The number of benzene rings is 1. The maximum absolute atomic E-state index is 12.2. The highest BCUT2D eigenvalue weighted by molar-refractivity contribution is 5.94. The molecule has 2 aromatic heterocycles. The molecule has 1 unspecified atom stereocenters. The number of ether oxygens (including phenoxy) is 1. The minimum atomic E-state index is -0.252. The first-order chi connectivity index (χ1) is 10.7. The lowest BCUT2D eigenvalue weighted by atomic mass is 10.2. The van der Waals surface area contributed by atoms with Crippen molar-refractivity contribution in [3.05, 3.63) is 60.1 Å². The van der Waals surface area contributed by atoms with Crippen LogP contribution in [0.1, 0.15) is 29.1 Å². The number of fused-ring (bicyclic) bond motifs is 1. The molecule has 3 rings (SSSR count). The van der Waals surface area contributed by atoms with Crippen molar-refractivity contribution in [2.45, 2.75) is 13.0 Å². The third-order valence-electron chi connectivity index (χ3n) is 3.46. The van der Waals surface area contributed by atoms with E-state index in [1.54, 1.807) is 31.6 Å². The van der Waals surface area contributed by atoms with Crippen molar-refractivity contribution in [2.75, 3.05) is 7.11 Å². The summed E-state index contributed by atoms with van der Waals surface area (Å²) in [4.78, 5) is 16.1. The maximum Gasteiger partial charge on any atom is 0.251 e. The molecule has 1 N–H and O–H groups in total. The summed E-state index contributed by atoms with van der Waals surface area (Å²) in [5.74, 6) is 1.20. The second-order valence-corrected chi connectivity index (χ2v) is 4.96. The van der Waals surface area contributed by atoms with Gasteiger partial charge in [0, 0.05) is 23.3 Å². The van der Waals surface area contributed by atoms with Gasteiger partial charge in [0.2, 0.25) is 0 Å². The number of furan rings is 1. The molecule has 0 aliphatic carbocycles. The van der Waals surface area contributed by atoms with E-state index in [0.717, 1.165) is 5.39 Å². The summed E-state index contributed by atoms with van der Waals surface area (Å²) >= 11 is 0. The standard InChI is InChI=1S/C17H16N2O3/c1-11(19-17(20)12-6-8-18-9-7-12)15-10-13-4-3-5-14(21-2)16(13)22-15/h3-11H,1-2H3,(H,19,20). The van der Waals surface area contributed by atoms with Gasteiger partial charge < -0.3 is 14.5 Å². The number of carbonyl (C=O) groups is 1. The summed E-state index contributed by atoms with van der Waals surface area (Å²) in [7, 11) is 1.60. The zero-order valence-electron chi connectivity index (χ0n) is 12.4. The van der Waals surface area contributed by atoms with Crippen molar-refractivity contribution < 1.29 is 13.9 Å². The third-order valence-corrected chi connectivity index (χ3v) is 3.46. The number of aromatic nitrogens is 1. The third kappa shape index (κ3) is 2.65. The lowest BCUT2D eigenvalue weighted by molar-refractivity contribution is 0.0935. The fourth-order valence-electron chi connectivity index (χ4n) is 2.28. The second-order valence-electron chi connectivity index (χ2n) is 4.96. The van der Waals surface area contributed by atoms with Crippen molar-refractivity contribution in [1.29, 1.82) is 0 Å². The van der Waals surface area contributed by atoms with Gasteiger partial charge in [0.25, 0.3) is 5.91 Å². The minimum Gasteiger partial charge on any atom is -0.493 e. The Kier molecular flexibility index (Phi) is 3.78. The van der Waals surface area contributed by atoms with Crippen LogP contribution in [-0.2, 0) is 0 Å². The summed E-state index contributed by atoms with van der Waals surface area (Å²) in [6.45, 7) is 1.88. The molecule has 0 saturated carbocycles. The molecule has 0 aliphatic rings. The monoisotopic (exact) mass is 296 g/mol. The van der Waals surface area contributed by atoms with Crippen LogP contribution in [0, 0.1) is 0 Å². The van der Waals surface area contributed by atoms with Crippen LogP contribution in [0.4, 0.5) is 0 Å². The van der Waals surface area contributed by atoms with E-state index in [0.29, 0.717) is 22.7 Å². The number of methoxy groups -OCH3 is 1. The molecule has 1 aromatic carbocycles. The molecule has 0 aliphatic heterocycles. The Labute approximate surface area is 127 Å². The van der Waals surface area contributed by atoms with Crippen molar-refractivity contribution in [2.24, 2.45) is 0 Å². The topological polar surface area (TPSA) is 64.4 Å². The molecule has 5 nitrogen and oxygen atoms in total. The number of rotatable bonds is 4. The fraction of sp³-hybridized carbons (Fsp3) is 0.176. The molecule has 0 radical (unpaired) electrons. The van der Waals surface area contributed by atoms with E-state index in [2.05, 4.69) is 10.3 Å². The molecule has 0 spiro atoms. The van der Waals surface area contributed by atoms with E-state index in [9.17, 15) is 4.79 Å². The highest BCUT2D eigenvalue weighted by Crippen LogP contribution is 2.30. The van der Waals surface area contributed by atoms with Crippen molar-refractivity contribution in [3.8, 4) is 5.75 Å². The van der Waals surface area contributed by atoms with Gasteiger partial charge >= 0.3 is 0 Å². The smallest absolute Gasteiger partial charge is 0.251 e. The number of nitrogens with one attached hydrogen (secondary N) is 1. The number of carbonyl (C=O) groups excluding carboxylic acids is 1. The van der Waals surface area contributed by atoms with Gasteiger partial charge in [0.05, 0.1) is 13.2 Å². The van der Waals surface area contributed by atoms with Crippen LogP contribution >= 0.6 is 0 Å². The molecular formula is C17H16N2O3. The average molecular weight is 296 g/mol.